The van der Waals surface area contributed by atoms with Crippen LogP contribution in [0, 0.1) is 6.92 Å². The fraction of sp³-hybridized carbons (Fsp3) is 0.231. The summed E-state index contributed by atoms with van der Waals surface area (Å²) < 4.78 is 1.86. The predicted octanol–water partition coefficient (Wildman–Crippen LogP) is 4.49. The van der Waals surface area contributed by atoms with Crippen molar-refractivity contribution in [2.75, 3.05) is 17.2 Å². The van der Waals surface area contributed by atoms with E-state index in [1.807, 2.05) is 25.1 Å². The molecule has 0 radical (unpaired) electrons. The Labute approximate surface area is 129 Å². The van der Waals surface area contributed by atoms with E-state index in [1.54, 1.807) is 6.33 Å². The molecule has 1 heterocycles. The molecule has 2 aromatic rings. The maximum atomic E-state index is 4.26. The van der Waals surface area contributed by atoms with Gasteiger partial charge in [-0.25, -0.2) is 9.97 Å². The fourth-order valence-corrected chi connectivity index (χ4v) is 2.41. The van der Waals surface area contributed by atoms with Crippen LogP contribution >= 0.6 is 31.9 Å². The molecule has 100 valence electrons. The van der Waals surface area contributed by atoms with Crippen molar-refractivity contribution >= 4 is 49.2 Å². The first-order valence-corrected chi connectivity index (χ1v) is 7.48. The van der Waals surface area contributed by atoms with Crippen LogP contribution in [-0.2, 0) is 0 Å². The number of aryl methyl sites for hydroxylation is 1. The molecule has 0 fully saturated rings. The second-order valence-corrected chi connectivity index (χ2v) is 5.71. The average molecular weight is 386 g/mol. The maximum Gasteiger partial charge on any atom is 0.150 e. The Morgan fingerprint density at radius 3 is 2.63 bits per heavy atom. The van der Waals surface area contributed by atoms with Crippen molar-refractivity contribution in [2.24, 2.45) is 0 Å². The van der Waals surface area contributed by atoms with E-state index in [-0.39, 0.29) is 0 Å². The molecule has 19 heavy (non-hydrogen) atoms. The standard InChI is InChI=1S/C13H14Br2N4/c1-3-16-12-11(15)13(18-7-17-12)19-10-6-9(14)5-4-8(10)2/h4-7H,3H2,1-2H3,(H2,16,17,18,19). The van der Waals surface area contributed by atoms with Gasteiger partial charge in [0.1, 0.15) is 22.4 Å². The number of hydrogen-bond donors (Lipinski definition) is 2. The fourth-order valence-electron chi connectivity index (χ4n) is 1.60. The van der Waals surface area contributed by atoms with Gasteiger partial charge in [-0.05, 0) is 47.5 Å². The molecule has 2 rings (SSSR count). The van der Waals surface area contributed by atoms with Crippen LogP contribution in [0.15, 0.2) is 33.5 Å². The number of nitrogens with one attached hydrogen (secondary N) is 2. The van der Waals surface area contributed by atoms with Gasteiger partial charge < -0.3 is 10.6 Å². The van der Waals surface area contributed by atoms with Crippen LogP contribution in [-0.4, -0.2) is 16.5 Å². The van der Waals surface area contributed by atoms with E-state index in [9.17, 15) is 0 Å². The first-order valence-electron chi connectivity index (χ1n) is 5.89. The van der Waals surface area contributed by atoms with Gasteiger partial charge in [0.2, 0.25) is 0 Å². The zero-order chi connectivity index (χ0) is 13.8. The number of aromatic nitrogens is 2. The normalized spacial score (nSPS) is 10.3. The van der Waals surface area contributed by atoms with Crippen molar-refractivity contribution in [3.05, 3.63) is 39.0 Å². The summed E-state index contributed by atoms with van der Waals surface area (Å²) in [6, 6.07) is 6.09. The Balaban J connectivity index is 2.33. The molecule has 1 aromatic carbocycles. The minimum atomic E-state index is 0.743. The molecule has 4 nitrogen and oxygen atoms in total. The number of anilines is 3. The molecule has 0 amide bonds. The van der Waals surface area contributed by atoms with E-state index in [2.05, 4.69) is 59.4 Å². The lowest BCUT2D eigenvalue weighted by molar-refractivity contribution is 1.10. The molecular formula is C13H14Br2N4. The van der Waals surface area contributed by atoms with Gasteiger partial charge >= 0.3 is 0 Å². The highest BCUT2D eigenvalue weighted by molar-refractivity contribution is 9.11. The Bertz CT molecular complexity index is 587. The highest BCUT2D eigenvalue weighted by atomic mass is 79.9. The third-order valence-corrected chi connectivity index (χ3v) is 3.83. The summed E-state index contributed by atoms with van der Waals surface area (Å²) in [5.41, 5.74) is 2.16. The van der Waals surface area contributed by atoms with E-state index in [0.717, 1.165) is 38.4 Å². The molecular weight excluding hydrogens is 372 g/mol. The highest BCUT2D eigenvalue weighted by Crippen LogP contribution is 2.30. The molecule has 2 N–H and O–H groups in total. The lowest BCUT2D eigenvalue weighted by atomic mass is 10.2. The molecule has 0 aliphatic rings. The summed E-state index contributed by atoms with van der Waals surface area (Å²) >= 11 is 6.99. The van der Waals surface area contributed by atoms with Gasteiger partial charge in [-0.3, -0.25) is 0 Å². The quantitative estimate of drug-likeness (QED) is 0.814. The molecule has 0 aliphatic heterocycles. The summed E-state index contributed by atoms with van der Waals surface area (Å²) in [6.07, 6.45) is 1.54. The van der Waals surface area contributed by atoms with Gasteiger partial charge in [0.15, 0.2) is 0 Å². The van der Waals surface area contributed by atoms with Crippen LogP contribution < -0.4 is 10.6 Å². The van der Waals surface area contributed by atoms with Gasteiger partial charge in [0.25, 0.3) is 0 Å². The van der Waals surface area contributed by atoms with E-state index in [1.165, 1.54) is 0 Å². The zero-order valence-corrected chi connectivity index (χ0v) is 13.8. The molecule has 1 aromatic heterocycles. The smallest absolute Gasteiger partial charge is 0.150 e. The summed E-state index contributed by atoms with van der Waals surface area (Å²) in [6.45, 7) is 4.89. The minimum Gasteiger partial charge on any atom is -0.369 e. The van der Waals surface area contributed by atoms with E-state index in [4.69, 9.17) is 0 Å². The van der Waals surface area contributed by atoms with Crippen molar-refractivity contribution < 1.29 is 0 Å². The number of nitrogens with zero attached hydrogens (tertiary/aromatic N) is 2. The third-order valence-electron chi connectivity index (χ3n) is 2.59. The molecule has 0 saturated carbocycles. The Morgan fingerprint density at radius 1 is 1.16 bits per heavy atom. The van der Waals surface area contributed by atoms with Crippen molar-refractivity contribution in [3.63, 3.8) is 0 Å². The number of hydrogen-bond acceptors (Lipinski definition) is 4. The van der Waals surface area contributed by atoms with E-state index >= 15 is 0 Å². The largest absolute Gasteiger partial charge is 0.369 e. The Hall–Kier alpha value is -1.14. The van der Waals surface area contributed by atoms with E-state index in [0.29, 0.717) is 0 Å². The number of halogens is 2. The van der Waals surface area contributed by atoms with Crippen molar-refractivity contribution in [3.8, 4) is 0 Å². The summed E-state index contributed by atoms with van der Waals surface area (Å²) in [5.74, 6) is 1.53. The van der Waals surface area contributed by atoms with E-state index < -0.39 is 0 Å². The second-order valence-electron chi connectivity index (χ2n) is 4.00. The maximum absolute atomic E-state index is 4.26. The predicted molar refractivity (Wildman–Crippen MR) is 86.1 cm³/mol. The molecule has 0 saturated heterocycles. The lowest BCUT2D eigenvalue weighted by Crippen LogP contribution is -2.04. The summed E-state index contributed by atoms with van der Waals surface area (Å²) in [4.78, 5) is 8.45. The zero-order valence-electron chi connectivity index (χ0n) is 10.7. The average Bonchev–Trinajstić information content (AvgIpc) is 2.39. The molecule has 0 bridgehead atoms. The molecule has 0 unspecified atom stereocenters. The minimum absolute atomic E-state index is 0.743. The van der Waals surface area contributed by atoms with Gasteiger partial charge in [-0.15, -0.1) is 0 Å². The summed E-state index contributed by atoms with van der Waals surface area (Å²) in [7, 11) is 0. The van der Waals surface area contributed by atoms with Gasteiger partial charge in [-0.1, -0.05) is 22.0 Å². The number of benzene rings is 1. The molecule has 6 heteroatoms. The number of rotatable bonds is 4. The molecule has 0 aliphatic carbocycles. The topological polar surface area (TPSA) is 49.8 Å². The van der Waals surface area contributed by atoms with Crippen molar-refractivity contribution in [1.29, 1.82) is 0 Å². The van der Waals surface area contributed by atoms with Gasteiger partial charge in [-0.2, -0.15) is 0 Å². The second kappa shape index (κ2) is 6.34. The van der Waals surface area contributed by atoms with Crippen LogP contribution in [0.2, 0.25) is 0 Å². The monoisotopic (exact) mass is 384 g/mol. The van der Waals surface area contributed by atoms with Gasteiger partial charge in [0.05, 0.1) is 0 Å². The molecule has 0 atom stereocenters. The van der Waals surface area contributed by atoms with Crippen molar-refractivity contribution in [2.45, 2.75) is 13.8 Å². The SMILES string of the molecule is CCNc1ncnc(Nc2cc(Br)ccc2C)c1Br. The lowest BCUT2D eigenvalue weighted by Gasteiger charge is -2.12. The summed E-state index contributed by atoms with van der Waals surface area (Å²) in [5, 5.41) is 6.49. The molecule has 0 spiro atoms. The van der Waals surface area contributed by atoms with Crippen LogP contribution in [0.4, 0.5) is 17.3 Å². The third kappa shape index (κ3) is 3.45. The van der Waals surface area contributed by atoms with Crippen LogP contribution in [0.1, 0.15) is 12.5 Å². The van der Waals surface area contributed by atoms with Crippen LogP contribution in [0.3, 0.4) is 0 Å². The highest BCUT2D eigenvalue weighted by Gasteiger charge is 2.09. The Morgan fingerprint density at radius 2 is 1.89 bits per heavy atom. The Kier molecular flexibility index (Phi) is 4.76. The first-order chi connectivity index (χ1) is 9.11. The van der Waals surface area contributed by atoms with Crippen LogP contribution in [0.25, 0.3) is 0 Å². The van der Waals surface area contributed by atoms with Crippen molar-refractivity contribution in [1.82, 2.24) is 9.97 Å². The first kappa shape index (κ1) is 14.3. The van der Waals surface area contributed by atoms with Gasteiger partial charge in [0, 0.05) is 16.7 Å². The van der Waals surface area contributed by atoms with Crippen LogP contribution in [0.5, 0.6) is 0 Å².